The summed E-state index contributed by atoms with van der Waals surface area (Å²) in [5, 5.41) is 4.07. The van der Waals surface area contributed by atoms with Gasteiger partial charge in [0.1, 0.15) is 0 Å². The molecule has 0 saturated heterocycles. The zero-order valence-electron chi connectivity index (χ0n) is 13.0. The maximum Gasteiger partial charge on any atom is 0.255 e. The van der Waals surface area contributed by atoms with E-state index in [1.54, 1.807) is 0 Å². The number of fused-ring (bicyclic) bond motifs is 1. The number of carbonyl (C=O) groups excluding carboxylic acids is 1. The molecule has 1 aromatic heterocycles. The van der Waals surface area contributed by atoms with Gasteiger partial charge in [-0.25, -0.2) is 0 Å². The van der Waals surface area contributed by atoms with Crippen LogP contribution in [0.25, 0.3) is 22.0 Å². The van der Waals surface area contributed by atoms with E-state index in [1.807, 2.05) is 79.0 Å². The second-order valence-corrected chi connectivity index (χ2v) is 5.65. The first-order valence-electron chi connectivity index (χ1n) is 7.84. The van der Waals surface area contributed by atoms with Crippen molar-refractivity contribution in [2.75, 3.05) is 5.32 Å². The zero-order valence-corrected chi connectivity index (χ0v) is 13.0. The lowest BCUT2D eigenvalue weighted by Gasteiger charge is -2.07. The quantitative estimate of drug-likeness (QED) is 0.544. The lowest BCUT2D eigenvalue weighted by atomic mass is 10.0. The molecule has 0 saturated carbocycles. The van der Waals surface area contributed by atoms with Crippen LogP contribution in [0.2, 0.25) is 0 Å². The van der Waals surface area contributed by atoms with Crippen molar-refractivity contribution < 1.29 is 4.79 Å². The summed E-state index contributed by atoms with van der Waals surface area (Å²) in [6.07, 6.45) is 1.99. The molecule has 4 aromatic rings. The fourth-order valence-corrected chi connectivity index (χ4v) is 2.86. The third kappa shape index (κ3) is 2.68. The van der Waals surface area contributed by atoms with Gasteiger partial charge in [-0.15, -0.1) is 0 Å². The minimum Gasteiger partial charge on any atom is -0.361 e. The lowest BCUT2D eigenvalue weighted by molar-refractivity contribution is 0.102. The summed E-state index contributed by atoms with van der Waals surface area (Å²) in [5.74, 6) is -0.108. The normalized spacial score (nSPS) is 10.7. The highest BCUT2D eigenvalue weighted by molar-refractivity contribution is 6.05. The van der Waals surface area contributed by atoms with Crippen LogP contribution in [0.4, 0.5) is 5.69 Å². The second-order valence-electron chi connectivity index (χ2n) is 5.65. The fraction of sp³-hybridized carbons (Fsp3) is 0. The van der Waals surface area contributed by atoms with E-state index in [0.717, 1.165) is 27.7 Å². The molecule has 3 nitrogen and oxygen atoms in total. The Morgan fingerprint density at radius 2 is 1.62 bits per heavy atom. The molecule has 0 spiro atoms. The van der Waals surface area contributed by atoms with Crippen LogP contribution in [0.15, 0.2) is 85.1 Å². The summed E-state index contributed by atoms with van der Waals surface area (Å²) >= 11 is 0. The Morgan fingerprint density at radius 1 is 0.833 bits per heavy atom. The molecule has 0 fully saturated rings. The summed E-state index contributed by atoms with van der Waals surface area (Å²) < 4.78 is 0. The molecule has 116 valence electrons. The lowest BCUT2D eigenvalue weighted by Crippen LogP contribution is -2.11. The molecule has 1 amide bonds. The largest absolute Gasteiger partial charge is 0.361 e. The van der Waals surface area contributed by atoms with Crippen LogP contribution in [0, 0.1) is 0 Å². The number of para-hydroxylation sites is 2. The van der Waals surface area contributed by atoms with Crippen molar-refractivity contribution in [1.82, 2.24) is 4.98 Å². The highest BCUT2D eigenvalue weighted by Crippen LogP contribution is 2.29. The van der Waals surface area contributed by atoms with Crippen LogP contribution < -0.4 is 5.32 Å². The zero-order chi connectivity index (χ0) is 16.4. The Bertz CT molecular complexity index is 1000. The molecule has 0 unspecified atom stereocenters. The van der Waals surface area contributed by atoms with Crippen LogP contribution in [0.5, 0.6) is 0 Å². The summed E-state index contributed by atoms with van der Waals surface area (Å²) in [4.78, 5) is 15.8. The molecular weight excluding hydrogens is 296 g/mol. The molecule has 0 radical (unpaired) electrons. The van der Waals surface area contributed by atoms with Crippen LogP contribution >= 0.6 is 0 Å². The van der Waals surface area contributed by atoms with Gasteiger partial charge in [0, 0.05) is 33.9 Å². The van der Waals surface area contributed by atoms with Crippen LogP contribution in [0.3, 0.4) is 0 Å². The van der Waals surface area contributed by atoms with Crippen molar-refractivity contribution in [3.05, 3.63) is 90.6 Å². The van der Waals surface area contributed by atoms with Gasteiger partial charge in [0.15, 0.2) is 0 Å². The Balaban J connectivity index is 1.68. The number of rotatable bonds is 3. The van der Waals surface area contributed by atoms with E-state index in [9.17, 15) is 4.79 Å². The van der Waals surface area contributed by atoms with Crippen molar-refractivity contribution in [3.8, 4) is 11.1 Å². The number of anilines is 1. The summed E-state index contributed by atoms with van der Waals surface area (Å²) in [5.41, 5.74) is 4.64. The molecule has 4 rings (SSSR count). The van der Waals surface area contributed by atoms with E-state index in [1.165, 1.54) is 0 Å². The van der Waals surface area contributed by atoms with Gasteiger partial charge < -0.3 is 10.3 Å². The average molecular weight is 312 g/mol. The van der Waals surface area contributed by atoms with E-state index in [-0.39, 0.29) is 5.91 Å². The molecular formula is C21H16N2O. The third-order valence-electron chi connectivity index (χ3n) is 4.06. The number of aromatic amines is 1. The SMILES string of the molecule is O=C(Nc1ccccc1)c1cccc(-c2c[nH]c3ccccc23)c1. The summed E-state index contributed by atoms with van der Waals surface area (Å²) in [6, 6.07) is 25.3. The number of carbonyl (C=O) groups is 1. The molecule has 2 N–H and O–H groups in total. The number of amides is 1. The molecule has 3 aromatic carbocycles. The smallest absolute Gasteiger partial charge is 0.255 e. The van der Waals surface area contributed by atoms with Gasteiger partial charge in [0.05, 0.1) is 0 Å². The summed E-state index contributed by atoms with van der Waals surface area (Å²) in [6.45, 7) is 0. The second kappa shape index (κ2) is 6.05. The predicted octanol–water partition coefficient (Wildman–Crippen LogP) is 5.09. The molecule has 1 heterocycles. The first-order chi connectivity index (χ1) is 11.8. The van der Waals surface area contributed by atoms with Crippen LogP contribution in [-0.2, 0) is 0 Å². The topological polar surface area (TPSA) is 44.9 Å². The van der Waals surface area contributed by atoms with E-state index in [2.05, 4.69) is 16.4 Å². The van der Waals surface area contributed by atoms with E-state index < -0.39 is 0 Å². The third-order valence-corrected chi connectivity index (χ3v) is 4.06. The first-order valence-corrected chi connectivity index (χ1v) is 7.84. The number of hydrogen-bond acceptors (Lipinski definition) is 1. The Hall–Kier alpha value is -3.33. The summed E-state index contributed by atoms with van der Waals surface area (Å²) in [7, 11) is 0. The highest BCUT2D eigenvalue weighted by Gasteiger charge is 2.10. The van der Waals surface area contributed by atoms with Gasteiger partial charge in [-0.2, -0.15) is 0 Å². The number of hydrogen-bond donors (Lipinski definition) is 2. The molecule has 0 aliphatic carbocycles. The number of aromatic nitrogens is 1. The molecule has 24 heavy (non-hydrogen) atoms. The number of benzene rings is 3. The van der Waals surface area contributed by atoms with Crippen molar-refractivity contribution >= 4 is 22.5 Å². The number of H-pyrrole nitrogens is 1. The monoisotopic (exact) mass is 312 g/mol. The maximum atomic E-state index is 12.5. The molecule has 0 bridgehead atoms. The van der Waals surface area contributed by atoms with Crippen molar-refractivity contribution in [2.45, 2.75) is 0 Å². The van der Waals surface area contributed by atoms with Crippen molar-refractivity contribution in [1.29, 1.82) is 0 Å². The van der Waals surface area contributed by atoms with Gasteiger partial charge in [-0.3, -0.25) is 4.79 Å². The van der Waals surface area contributed by atoms with E-state index >= 15 is 0 Å². The maximum absolute atomic E-state index is 12.5. The highest BCUT2D eigenvalue weighted by atomic mass is 16.1. The molecule has 3 heteroatoms. The van der Waals surface area contributed by atoms with Crippen LogP contribution in [-0.4, -0.2) is 10.9 Å². The molecule has 0 aliphatic heterocycles. The number of nitrogens with one attached hydrogen (secondary N) is 2. The fourth-order valence-electron chi connectivity index (χ4n) is 2.86. The average Bonchev–Trinajstić information content (AvgIpc) is 3.07. The Kier molecular flexibility index (Phi) is 3.60. The first kappa shape index (κ1) is 14.3. The predicted molar refractivity (Wildman–Crippen MR) is 98.1 cm³/mol. The van der Waals surface area contributed by atoms with Crippen molar-refractivity contribution in [2.24, 2.45) is 0 Å². The van der Waals surface area contributed by atoms with Crippen molar-refractivity contribution in [3.63, 3.8) is 0 Å². The molecule has 0 aliphatic rings. The Morgan fingerprint density at radius 3 is 2.50 bits per heavy atom. The molecule has 0 atom stereocenters. The van der Waals surface area contributed by atoms with Gasteiger partial charge in [0.25, 0.3) is 5.91 Å². The van der Waals surface area contributed by atoms with Gasteiger partial charge in [-0.05, 0) is 35.9 Å². The minimum absolute atomic E-state index is 0.108. The van der Waals surface area contributed by atoms with Gasteiger partial charge in [0.2, 0.25) is 0 Å². The van der Waals surface area contributed by atoms with Crippen LogP contribution in [0.1, 0.15) is 10.4 Å². The minimum atomic E-state index is -0.108. The standard InChI is InChI=1S/C21H16N2O/c24-21(23-17-9-2-1-3-10-17)16-8-6-7-15(13-16)19-14-22-20-12-5-4-11-18(19)20/h1-14,22H,(H,23,24). The van der Waals surface area contributed by atoms with E-state index in [4.69, 9.17) is 0 Å². The van der Waals surface area contributed by atoms with Gasteiger partial charge >= 0.3 is 0 Å². The Labute approximate surface area is 140 Å². The van der Waals surface area contributed by atoms with E-state index in [0.29, 0.717) is 5.56 Å². The van der Waals surface area contributed by atoms with Gasteiger partial charge in [-0.1, -0.05) is 48.5 Å².